The molecule has 1 heterocycles. The van der Waals surface area contributed by atoms with Crippen LogP contribution in [0.3, 0.4) is 0 Å². The summed E-state index contributed by atoms with van der Waals surface area (Å²) in [6.45, 7) is 0. The van der Waals surface area contributed by atoms with Crippen LogP contribution >= 0.6 is 35.8 Å². The van der Waals surface area contributed by atoms with E-state index in [4.69, 9.17) is 11.6 Å². The molecule has 54 valence electrons. The summed E-state index contributed by atoms with van der Waals surface area (Å²) in [6, 6.07) is 3.45. The molecule has 1 amide bonds. The third-order valence-electron chi connectivity index (χ3n) is 0.885. The number of hydrogen-bond donors (Lipinski definition) is 1. The molecule has 0 bridgehead atoms. The molecule has 1 aromatic rings. The number of halogens is 1. The van der Waals surface area contributed by atoms with Gasteiger partial charge in [-0.2, -0.15) is 0 Å². The fourth-order valence-corrected chi connectivity index (χ4v) is 1.58. The lowest BCUT2D eigenvalue weighted by Gasteiger charge is -2.02. The maximum Gasteiger partial charge on any atom is 0.224 e. The molecule has 0 radical (unpaired) electrons. The quantitative estimate of drug-likeness (QED) is 0.564. The van der Waals surface area contributed by atoms with E-state index in [-0.39, 0.29) is 0 Å². The van der Waals surface area contributed by atoms with Crippen molar-refractivity contribution in [2.24, 2.45) is 0 Å². The van der Waals surface area contributed by atoms with Gasteiger partial charge in [-0.05, 0) is 12.1 Å². The summed E-state index contributed by atoms with van der Waals surface area (Å²) in [7, 11) is 0. The van der Waals surface area contributed by atoms with Gasteiger partial charge in [0.25, 0.3) is 0 Å². The first kappa shape index (κ1) is 7.91. The Balaban J connectivity index is 2.84. The predicted molar refractivity (Wildman–Crippen MR) is 46.9 cm³/mol. The minimum atomic E-state index is 0.616. The van der Waals surface area contributed by atoms with E-state index in [1.807, 2.05) is 0 Å². The maximum atomic E-state index is 10.1. The van der Waals surface area contributed by atoms with Gasteiger partial charge in [0.05, 0.1) is 4.34 Å². The molecule has 0 aliphatic carbocycles. The number of amides is 1. The molecule has 0 atom stereocenters. The number of rotatable bonds is 2. The van der Waals surface area contributed by atoms with Crippen molar-refractivity contribution in [3.8, 4) is 0 Å². The summed E-state index contributed by atoms with van der Waals surface area (Å²) in [5.74, 6) is 0. The molecule has 0 unspecified atom stereocenters. The van der Waals surface area contributed by atoms with Crippen molar-refractivity contribution in [3.63, 3.8) is 0 Å². The van der Waals surface area contributed by atoms with Crippen LogP contribution in [0.1, 0.15) is 0 Å². The number of carbonyl (C=O) groups excluding carboxylic acids is 1. The predicted octanol–water partition coefficient (Wildman–Crippen LogP) is 2.21. The standard InChI is InChI=1S/C5H4ClNOS2/c6-4-1-2-5(10-4)7(9)3-8/h1-3,9H. The van der Waals surface area contributed by atoms with E-state index in [0.717, 1.165) is 5.00 Å². The molecule has 2 nitrogen and oxygen atoms in total. The molecule has 0 N–H and O–H groups in total. The maximum absolute atomic E-state index is 10.1. The molecule has 0 spiro atoms. The van der Waals surface area contributed by atoms with E-state index in [1.165, 1.54) is 15.6 Å². The van der Waals surface area contributed by atoms with Crippen LogP contribution in [0.2, 0.25) is 4.34 Å². The molecule has 0 fully saturated rings. The van der Waals surface area contributed by atoms with Crippen LogP contribution in [0, 0.1) is 0 Å². The molecule has 10 heavy (non-hydrogen) atoms. The number of anilines is 1. The van der Waals surface area contributed by atoms with Crippen molar-refractivity contribution in [1.82, 2.24) is 0 Å². The number of thiol groups is 1. The van der Waals surface area contributed by atoms with Crippen LogP contribution in [0.4, 0.5) is 5.00 Å². The van der Waals surface area contributed by atoms with Gasteiger partial charge in [-0.15, -0.1) is 11.3 Å². The van der Waals surface area contributed by atoms with E-state index in [0.29, 0.717) is 10.7 Å². The second-order valence-electron chi connectivity index (χ2n) is 1.53. The van der Waals surface area contributed by atoms with Gasteiger partial charge in [0.1, 0.15) is 5.00 Å². The summed E-state index contributed by atoms with van der Waals surface area (Å²) in [5, 5.41) is 0.725. The van der Waals surface area contributed by atoms with Gasteiger partial charge >= 0.3 is 0 Å². The molecule has 0 aliphatic rings. The van der Waals surface area contributed by atoms with E-state index in [1.54, 1.807) is 12.1 Å². The Morgan fingerprint density at radius 2 is 2.40 bits per heavy atom. The summed E-state index contributed by atoms with van der Waals surface area (Å²) in [5.41, 5.74) is 0. The van der Waals surface area contributed by atoms with Gasteiger partial charge in [0.2, 0.25) is 6.41 Å². The van der Waals surface area contributed by atoms with Gasteiger partial charge in [-0.25, -0.2) is 0 Å². The summed E-state index contributed by atoms with van der Waals surface area (Å²) in [6.07, 6.45) is 0.616. The molecular weight excluding hydrogens is 190 g/mol. The Labute approximate surface area is 73.0 Å². The van der Waals surface area contributed by atoms with Crippen molar-refractivity contribution in [2.75, 3.05) is 4.31 Å². The van der Waals surface area contributed by atoms with Crippen LogP contribution in [0.5, 0.6) is 0 Å². The van der Waals surface area contributed by atoms with E-state index in [9.17, 15) is 4.79 Å². The SMILES string of the molecule is O=CN(S)c1ccc(Cl)s1. The fraction of sp³-hybridized carbons (Fsp3) is 0. The van der Waals surface area contributed by atoms with Gasteiger partial charge in [-0.3, -0.25) is 9.10 Å². The topological polar surface area (TPSA) is 20.3 Å². The zero-order chi connectivity index (χ0) is 7.56. The summed E-state index contributed by atoms with van der Waals surface area (Å²) < 4.78 is 1.83. The number of nitrogens with zero attached hydrogens (tertiary/aromatic N) is 1. The normalized spacial score (nSPS) is 9.40. The molecule has 1 rings (SSSR count). The molecule has 0 aliphatic heterocycles. The highest BCUT2D eigenvalue weighted by atomic mass is 35.5. The lowest BCUT2D eigenvalue weighted by Crippen LogP contribution is -2.03. The molecule has 5 heteroatoms. The van der Waals surface area contributed by atoms with Crippen molar-refractivity contribution >= 4 is 47.2 Å². The van der Waals surface area contributed by atoms with Gasteiger partial charge in [0.15, 0.2) is 0 Å². The van der Waals surface area contributed by atoms with Gasteiger partial charge < -0.3 is 0 Å². The van der Waals surface area contributed by atoms with Crippen molar-refractivity contribution in [1.29, 1.82) is 0 Å². The van der Waals surface area contributed by atoms with Crippen LogP contribution in [0.15, 0.2) is 12.1 Å². The average Bonchev–Trinajstić information content (AvgIpc) is 2.34. The van der Waals surface area contributed by atoms with Crippen molar-refractivity contribution < 1.29 is 4.79 Å². The summed E-state index contributed by atoms with van der Waals surface area (Å²) >= 11 is 10.8. The smallest absolute Gasteiger partial charge is 0.224 e. The van der Waals surface area contributed by atoms with Crippen molar-refractivity contribution in [2.45, 2.75) is 0 Å². The van der Waals surface area contributed by atoms with E-state index >= 15 is 0 Å². The Bertz CT molecular complexity index is 237. The first-order chi connectivity index (χ1) is 4.74. The van der Waals surface area contributed by atoms with Gasteiger partial charge in [-0.1, -0.05) is 24.4 Å². The summed E-state index contributed by atoms with van der Waals surface area (Å²) in [4.78, 5) is 10.1. The zero-order valence-corrected chi connectivity index (χ0v) is 7.29. The second-order valence-corrected chi connectivity index (χ2v) is 3.65. The number of carbonyl (C=O) groups is 1. The highest BCUT2D eigenvalue weighted by molar-refractivity contribution is 7.82. The van der Waals surface area contributed by atoms with Crippen LogP contribution in [0.25, 0.3) is 0 Å². The third-order valence-corrected chi connectivity index (χ3v) is 2.56. The van der Waals surface area contributed by atoms with Gasteiger partial charge in [0, 0.05) is 0 Å². The monoisotopic (exact) mass is 193 g/mol. The molecule has 0 aromatic carbocycles. The van der Waals surface area contributed by atoms with Crippen LogP contribution in [-0.4, -0.2) is 6.41 Å². The first-order valence-corrected chi connectivity index (χ1v) is 4.02. The number of thiophene rings is 1. The molecule has 1 aromatic heterocycles. The molecular formula is C5H4ClNOS2. The lowest BCUT2D eigenvalue weighted by atomic mass is 10.6. The first-order valence-electron chi connectivity index (χ1n) is 2.43. The Hall–Kier alpha value is -0.190. The Morgan fingerprint density at radius 3 is 2.80 bits per heavy atom. The largest absolute Gasteiger partial charge is 0.277 e. The average molecular weight is 194 g/mol. The second kappa shape index (κ2) is 3.27. The highest BCUT2D eigenvalue weighted by Crippen LogP contribution is 2.29. The highest BCUT2D eigenvalue weighted by Gasteiger charge is 2.01. The minimum absolute atomic E-state index is 0.616. The Kier molecular flexibility index (Phi) is 2.59. The fourth-order valence-electron chi connectivity index (χ4n) is 0.480. The van der Waals surface area contributed by atoms with E-state index < -0.39 is 0 Å². The van der Waals surface area contributed by atoms with Crippen LogP contribution < -0.4 is 4.31 Å². The van der Waals surface area contributed by atoms with Crippen molar-refractivity contribution in [3.05, 3.63) is 16.5 Å². The third kappa shape index (κ3) is 1.65. The molecule has 0 saturated heterocycles. The molecule has 0 saturated carbocycles. The van der Waals surface area contributed by atoms with E-state index in [2.05, 4.69) is 12.8 Å². The Morgan fingerprint density at radius 1 is 1.70 bits per heavy atom. The number of hydrogen-bond acceptors (Lipinski definition) is 3. The minimum Gasteiger partial charge on any atom is -0.277 e. The lowest BCUT2D eigenvalue weighted by molar-refractivity contribution is -0.106. The van der Waals surface area contributed by atoms with Crippen LogP contribution in [-0.2, 0) is 4.79 Å². The zero-order valence-electron chi connectivity index (χ0n) is 4.82.